The van der Waals surface area contributed by atoms with Crippen LogP contribution in [0, 0.1) is 11.6 Å². The van der Waals surface area contributed by atoms with Crippen molar-refractivity contribution in [3.8, 4) is 28.5 Å². The third-order valence-electron chi connectivity index (χ3n) is 4.81. The zero-order valence-corrected chi connectivity index (χ0v) is 17.7. The van der Waals surface area contributed by atoms with Crippen molar-refractivity contribution in [1.29, 1.82) is 0 Å². The van der Waals surface area contributed by atoms with E-state index in [9.17, 15) is 8.78 Å². The molecule has 2 aromatic carbocycles. The van der Waals surface area contributed by atoms with Gasteiger partial charge in [-0.05, 0) is 6.07 Å². The van der Waals surface area contributed by atoms with Gasteiger partial charge in [0.2, 0.25) is 11.7 Å². The van der Waals surface area contributed by atoms with Gasteiger partial charge in [0.25, 0.3) is 0 Å². The van der Waals surface area contributed by atoms with Crippen molar-refractivity contribution < 1.29 is 23.0 Å². The number of H-pyrrole nitrogens is 1. The van der Waals surface area contributed by atoms with Crippen LogP contribution in [0.4, 0.5) is 26.2 Å². The average molecular weight is 442 g/mol. The number of halogens is 2. The Labute approximate surface area is 181 Å². The number of rotatable bonds is 7. The minimum absolute atomic E-state index is 0.282. The van der Waals surface area contributed by atoms with Crippen LogP contribution in [-0.2, 0) is 0 Å². The van der Waals surface area contributed by atoms with Gasteiger partial charge in [-0.1, -0.05) is 0 Å². The summed E-state index contributed by atoms with van der Waals surface area (Å²) < 4.78 is 43.4. The van der Waals surface area contributed by atoms with Crippen LogP contribution < -0.4 is 24.8 Å². The molecule has 9 nitrogen and oxygen atoms in total. The minimum Gasteiger partial charge on any atom is -0.493 e. The number of hydrogen-bond donors (Lipinski definition) is 3. The van der Waals surface area contributed by atoms with Crippen LogP contribution in [0.2, 0.25) is 0 Å². The van der Waals surface area contributed by atoms with E-state index >= 15 is 0 Å². The highest BCUT2D eigenvalue weighted by molar-refractivity contribution is 5.95. The lowest BCUT2D eigenvalue weighted by atomic mass is 10.1. The lowest BCUT2D eigenvalue weighted by Crippen LogP contribution is -2.04. The summed E-state index contributed by atoms with van der Waals surface area (Å²) in [5.41, 5.74) is 1.88. The fourth-order valence-corrected chi connectivity index (χ4v) is 3.31. The van der Waals surface area contributed by atoms with Gasteiger partial charge in [-0.15, -0.1) is 0 Å². The summed E-state index contributed by atoms with van der Waals surface area (Å²) in [7, 11) is 6.25. The molecule has 4 rings (SSSR count). The topological polar surface area (TPSA) is 106 Å². The van der Waals surface area contributed by atoms with Gasteiger partial charge in [0.15, 0.2) is 23.1 Å². The molecule has 166 valence electrons. The Hall–Kier alpha value is -4.15. The van der Waals surface area contributed by atoms with Crippen LogP contribution >= 0.6 is 0 Å². The largest absolute Gasteiger partial charge is 0.493 e. The van der Waals surface area contributed by atoms with Crippen LogP contribution in [0.25, 0.3) is 22.2 Å². The van der Waals surface area contributed by atoms with Gasteiger partial charge in [0, 0.05) is 42.5 Å². The molecule has 0 bridgehead atoms. The van der Waals surface area contributed by atoms with Crippen LogP contribution in [0.15, 0.2) is 30.5 Å². The second-order valence-electron chi connectivity index (χ2n) is 6.63. The van der Waals surface area contributed by atoms with Gasteiger partial charge in [-0.25, -0.2) is 13.8 Å². The SMILES string of the molecule is CNc1nc(Nc2cc(OC)c(OC)c(OC)c2)ncc1-c1n[nH]c2cc(F)c(F)cc12. The van der Waals surface area contributed by atoms with E-state index in [1.807, 2.05) is 0 Å². The number of anilines is 3. The molecule has 2 heterocycles. The standard InChI is InChI=1S/C21H20F2N6O3/c1-24-20-12(18-11-7-13(22)14(23)8-15(11)28-29-18)9-25-21(27-20)26-10-5-16(30-2)19(32-4)17(6-10)31-3/h5-9H,1-4H3,(H,28,29)(H2,24,25,26,27). The Morgan fingerprint density at radius 3 is 2.25 bits per heavy atom. The van der Waals surface area contributed by atoms with Gasteiger partial charge < -0.3 is 24.8 Å². The first kappa shape index (κ1) is 21.1. The molecule has 0 saturated carbocycles. The molecular formula is C21H20F2N6O3. The van der Waals surface area contributed by atoms with Gasteiger partial charge in [0.1, 0.15) is 11.5 Å². The average Bonchev–Trinajstić information content (AvgIpc) is 3.20. The van der Waals surface area contributed by atoms with Crippen molar-refractivity contribution in [2.24, 2.45) is 0 Å². The Balaban J connectivity index is 1.72. The maximum absolute atomic E-state index is 13.8. The first-order valence-corrected chi connectivity index (χ1v) is 9.44. The van der Waals surface area contributed by atoms with Gasteiger partial charge in [-0.2, -0.15) is 10.1 Å². The molecule has 0 fully saturated rings. The van der Waals surface area contributed by atoms with Crippen LogP contribution in [-0.4, -0.2) is 48.5 Å². The zero-order chi connectivity index (χ0) is 22.8. The van der Waals surface area contributed by atoms with Gasteiger partial charge in [0.05, 0.1) is 32.4 Å². The maximum Gasteiger partial charge on any atom is 0.229 e. The summed E-state index contributed by atoms with van der Waals surface area (Å²) in [4.78, 5) is 8.82. The number of ether oxygens (including phenoxy) is 3. The van der Waals surface area contributed by atoms with Crippen molar-refractivity contribution in [3.63, 3.8) is 0 Å². The number of fused-ring (bicyclic) bond motifs is 1. The summed E-state index contributed by atoms with van der Waals surface area (Å²) in [5.74, 6) is 0.198. The summed E-state index contributed by atoms with van der Waals surface area (Å²) in [6.45, 7) is 0. The van der Waals surface area contributed by atoms with Crippen molar-refractivity contribution >= 4 is 28.4 Å². The summed E-state index contributed by atoms with van der Waals surface area (Å²) in [5, 5.41) is 13.4. The number of nitrogens with zero attached hydrogens (tertiary/aromatic N) is 3. The number of benzene rings is 2. The van der Waals surface area contributed by atoms with E-state index in [1.54, 1.807) is 19.2 Å². The summed E-state index contributed by atoms with van der Waals surface area (Å²) in [6, 6.07) is 5.58. The molecule has 0 atom stereocenters. The fraction of sp³-hybridized carbons (Fsp3) is 0.190. The third-order valence-corrected chi connectivity index (χ3v) is 4.81. The quantitative estimate of drug-likeness (QED) is 0.393. The van der Waals surface area contributed by atoms with Gasteiger partial charge in [-0.3, -0.25) is 5.10 Å². The van der Waals surface area contributed by atoms with E-state index in [0.717, 1.165) is 12.1 Å². The molecule has 2 aromatic heterocycles. The number of nitrogens with one attached hydrogen (secondary N) is 3. The number of aromatic amines is 1. The van der Waals surface area contributed by atoms with E-state index < -0.39 is 11.6 Å². The molecule has 0 aliphatic heterocycles. The summed E-state index contributed by atoms with van der Waals surface area (Å²) in [6.07, 6.45) is 1.54. The monoisotopic (exact) mass is 442 g/mol. The van der Waals surface area contributed by atoms with E-state index in [4.69, 9.17) is 14.2 Å². The van der Waals surface area contributed by atoms with E-state index in [0.29, 0.717) is 50.9 Å². The number of hydrogen-bond acceptors (Lipinski definition) is 8. The van der Waals surface area contributed by atoms with Gasteiger partial charge >= 0.3 is 0 Å². The minimum atomic E-state index is -0.965. The number of methoxy groups -OCH3 is 3. The first-order valence-electron chi connectivity index (χ1n) is 9.44. The Bertz CT molecular complexity index is 1270. The van der Waals surface area contributed by atoms with Crippen molar-refractivity contribution in [3.05, 3.63) is 42.1 Å². The van der Waals surface area contributed by atoms with Crippen LogP contribution in [0.3, 0.4) is 0 Å². The number of aromatic nitrogens is 4. The zero-order valence-electron chi connectivity index (χ0n) is 17.7. The smallest absolute Gasteiger partial charge is 0.229 e. The van der Waals surface area contributed by atoms with Crippen LogP contribution in [0.5, 0.6) is 17.2 Å². The predicted octanol–water partition coefficient (Wildman–Crippen LogP) is 4.11. The first-order chi connectivity index (χ1) is 15.5. The third kappa shape index (κ3) is 3.68. The van der Waals surface area contributed by atoms with E-state index in [-0.39, 0.29) is 5.95 Å². The molecule has 0 radical (unpaired) electrons. The lowest BCUT2D eigenvalue weighted by molar-refractivity contribution is 0.324. The Morgan fingerprint density at radius 1 is 0.938 bits per heavy atom. The molecule has 11 heteroatoms. The molecule has 3 N–H and O–H groups in total. The molecule has 0 spiro atoms. The second-order valence-corrected chi connectivity index (χ2v) is 6.63. The molecule has 32 heavy (non-hydrogen) atoms. The summed E-state index contributed by atoms with van der Waals surface area (Å²) >= 11 is 0. The van der Waals surface area contributed by atoms with Crippen LogP contribution in [0.1, 0.15) is 0 Å². The van der Waals surface area contributed by atoms with E-state index in [1.165, 1.54) is 27.5 Å². The normalized spacial score (nSPS) is 10.8. The van der Waals surface area contributed by atoms with Crippen molar-refractivity contribution in [2.45, 2.75) is 0 Å². The Kier molecular flexibility index (Phi) is 5.63. The molecule has 0 unspecified atom stereocenters. The molecule has 0 aliphatic rings. The molecule has 4 aromatic rings. The second kappa shape index (κ2) is 8.53. The molecule has 0 amide bonds. The molecule has 0 saturated heterocycles. The van der Waals surface area contributed by atoms with Crippen molar-refractivity contribution in [2.75, 3.05) is 39.0 Å². The Morgan fingerprint density at radius 2 is 1.62 bits per heavy atom. The lowest BCUT2D eigenvalue weighted by Gasteiger charge is -2.15. The predicted molar refractivity (Wildman–Crippen MR) is 116 cm³/mol. The van der Waals surface area contributed by atoms with E-state index in [2.05, 4.69) is 30.8 Å². The molecular weight excluding hydrogens is 422 g/mol. The fourth-order valence-electron chi connectivity index (χ4n) is 3.31. The highest BCUT2D eigenvalue weighted by Gasteiger charge is 2.18. The van der Waals surface area contributed by atoms with Crippen molar-refractivity contribution in [1.82, 2.24) is 20.2 Å². The highest BCUT2D eigenvalue weighted by Crippen LogP contribution is 2.40. The maximum atomic E-state index is 13.8. The molecule has 0 aliphatic carbocycles. The highest BCUT2D eigenvalue weighted by atomic mass is 19.2.